The fourth-order valence-corrected chi connectivity index (χ4v) is 3.74. The van der Waals surface area contributed by atoms with Crippen LogP contribution in [0.2, 0.25) is 0 Å². The number of methoxy groups -OCH3 is 2. The first-order valence-corrected chi connectivity index (χ1v) is 9.11. The molecule has 1 saturated carbocycles. The van der Waals surface area contributed by atoms with Crippen molar-refractivity contribution in [2.24, 2.45) is 7.05 Å². The molecule has 1 aliphatic heterocycles. The van der Waals surface area contributed by atoms with E-state index in [0.29, 0.717) is 5.92 Å². The second-order valence-corrected chi connectivity index (χ2v) is 7.26. The number of hydrogen-bond donors (Lipinski definition) is 0. The van der Waals surface area contributed by atoms with Crippen LogP contribution in [0.15, 0.2) is 12.1 Å². The topological polar surface area (TPSA) is 44.5 Å². The highest BCUT2D eigenvalue weighted by molar-refractivity contribution is 7.71. The number of nitrogens with zero attached hydrogens (tertiary/aromatic N) is 4. The van der Waals surface area contributed by atoms with Gasteiger partial charge in [0, 0.05) is 26.1 Å². The summed E-state index contributed by atoms with van der Waals surface area (Å²) >= 11 is 5.58. The zero-order valence-corrected chi connectivity index (χ0v) is 15.8. The van der Waals surface area contributed by atoms with Crippen molar-refractivity contribution in [3.05, 3.63) is 33.9 Å². The third-order valence-corrected chi connectivity index (χ3v) is 5.63. The number of benzene rings is 1. The predicted molar refractivity (Wildman–Crippen MR) is 97.7 cm³/mol. The van der Waals surface area contributed by atoms with Crippen molar-refractivity contribution in [3.63, 3.8) is 0 Å². The first kappa shape index (κ1) is 16.6. The van der Waals surface area contributed by atoms with E-state index >= 15 is 0 Å². The van der Waals surface area contributed by atoms with Crippen molar-refractivity contribution in [3.8, 4) is 11.5 Å². The van der Waals surface area contributed by atoms with Crippen molar-refractivity contribution in [1.82, 2.24) is 19.2 Å². The molecule has 1 aromatic carbocycles. The van der Waals surface area contributed by atoms with Crippen LogP contribution in [0.4, 0.5) is 0 Å². The molecule has 4 rings (SSSR count). The lowest BCUT2D eigenvalue weighted by Crippen LogP contribution is -2.32. The maximum atomic E-state index is 5.58. The van der Waals surface area contributed by atoms with Crippen LogP contribution >= 0.6 is 12.2 Å². The Morgan fingerprint density at radius 2 is 1.84 bits per heavy atom. The standard InChI is InChI=1S/C18H24N4O2S/c1-20-17(12-4-5-12)19-22(18(20)25)11-21-7-6-13-8-15(23-2)16(24-3)9-14(13)10-21/h8-9,12H,4-7,10-11H2,1-3H3. The minimum Gasteiger partial charge on any atom is -0.493 e. The van der Waals surface area contributed by atoms with Crippen LogP contribution in [0.1, 0.15) is 35.7 Å². The van der Waals surface area contributed by atoms with Crippen LogP contribution in [0.5, 0.6) is 11.5 Å². The summed E-state index contributed by atoms with van der Waals surface area (Å²) in [6.45, 7) is 2.58. The average Bonchev–Trinajstić information content (AvgIpc) is 3.43. The van der Waals surface area contributed by atoms with Gasteiger partial charge in [-0.15, -0.1) is 0 Å². The van der Waals surface area contributed by atoms with Crippen molar-refractivity contribution < 1.29 is 9.47 Å². The Bertz CT molecular complexity index is 853. The zero-order valence-electron chi connectivity index (χ0n) is 15.0. The second kappa shape index (κ2) is 6.46. The molecule has 2 aromatic rings. The minimum atomic E-state index is 0.603. The van der Waals surface area contributed by atoms with Gasteiger partial charge in [-0.05, 0) is 54.7 Å². The van der Waals surface area contributed by atoms with Gasteiger partial charge in [-0.1, -0.05) is 0 Å². The molecule has 6 nitrogen and oxygen atoms in total. The van der Waals surface area contributed by atoms with Crippen LogP contribution in [-0.2, 0) is 26.7 Å². The third kappa shape index (κ3) is 3.06. The van der Waals surface area contributed by atoms with Crippen LogP contribution in [0.25, 0.3) is 0 Å². The molecular weight excluding hydrogens is 336 g/mol. The fraction of sp³-hybridized carbons (Fsp3) is 0.556. The summed E-state index contributed by atoms with van der Waals surface area (Å²) in [5.74, 6) is 3.32. The molecule has 0 atom stereocenters. The maximum Gasteiger partial charge on any atom is 0.198 e. The van der Waals surface area contributed by atoms with E-state index in [1.165, 1.54) is 24.0 Å². The molecule has 1 aliphatic carbocycles. The van der Waals surface area contributed by atoms with Crippen LogP contribution in [0, 0.1) is 4.77 Å². The quantitative estimate of drug-likeness (QED) is 0.767. The molecule has 0 radical (unpaired) electrons. The third-order valence-electron chi connectivity index (χ3n) is 5.15. The first-order chi connectivity index (χ1) is 12.1. The molecule has 0 saturated heterocycles. The maximum absolute atomic E-state index is 5.58. The Kier molecular flexibility index (Phi) is 4.29. The van der Waals surface area contributed by atoms with Crippen molar-refractivity contribution in [2.45, 2.75) is 38.4 Å². The van der Waals surface area contributed by atoms with E-state index in [9.17, 15) is 0 Å². The van der Waals surface area contributed by atoms with E-state index in [2.05, 4.69) is 21.6 Å². The van der Waals surface area contributed by atoms with Gasteiger partial charge in [0.15, 0.2) is 16.3 Å². The van der Waals surface area contributed by atoms with Gasteiger partial charge in [0.1, 0.15) is 5.82 Å². The van der Waals surface area contributed by atoms with Gasteiger partial charge in [-0.25, -0.2) is 4.68 Å². The molecule has 134 valence electrons. The normalized spacial score (nSPS) is 17.4. The lowest BCUT2D eigenvalue weighted by atomic mass is 9.99. The molecule has 2 aliphatic rings. The van der Waals surface area contributed by atoms with Crippen LogP contribution in [-0.4, -0.2) is 40.0 Å². The van der Waals surface area contributed by atoms with Gasteiger partial charge in [0.05, 0.1) is 20.9 Å². The molecule has 0 amide bonds. The molecule has 0 bridgehead atoms. The predicted octanol–water partition coefficient (Wildman–Crippen LogP) is 2.86. The molecule has 25 heavy (non-hydrogen) atoms. The molecule has 0 spiro atoms. The van der Waals surface area contributed by atoms with E-state index in [1.54, 1.807) is 14.2 Å². The molecule has 1 fully saturated rings. The van der Waals surface area contributed by atoms with Gasteiger partial charge in [0.25, 0.3) is 0 Å². The summed E-state index contributed by atoms with van der Waals surface area (Å²) in [6.07, 6.45) is 3.46. The summed E-state index contributed by atoms with van der Waals surface area (Å²) in [5, 5.41) is 4.77. The molecule has 1 aromatic heterocycles. The largest absolute Gasteiger partial charge is 0.493 e. The summed E-state index contributed by atoms with van der Waals surface area (Å²) in [6, 6.07) is 4.19. The molecule has 0 N–H and O–H groups in total. The van der Waals surface area contributed by atoms with E-state index < -0.39 is 0 Å². The average molecular weight is 360 g/mol. The minimum absolute atomic E-state index is 0.603. The highest BCUT2D eigenvalue weighted by atomic mass is 32.1. The Labute approximate surface area is 153 Å². The Morgan fingerprint density at radius 3 is 2.48 bits per heavy atom. The molecular formula is C18H24N4O2S. The van der Waals surface area contributed by atoms with Crippen LogP contribution in [0.3, 0.4) is 0 Å². The lowest BCUT2D eigenvalue weighted by molar-refractivity contribution is 0.187. The van der Waals surface area contributed by atoms with Gasteiger partial charge in [-0.3, -0.25) is 4.90 Å². The summed E-state index contributed by atoms with van der Waals surface area (Å²) in [5.41, 5.74) is 2.62. The second-order valence-electron chi connectivity index (χ2n) is 6.89. The summed E-state index contributed by atoms with van der Waals surface area (Å²) < 4.78 is 15.7. The van der Waals surface area contributed by atoms with Gasteiger partial charge >= 0.3 is 0 Å². The zero-order chi connectivity index (χ0) is 17.6. The molecule has 7 heteroatoms. The fourth-order valence-electron chi connectivity index (χ4n) is 3.55. The number of ether oxygens (including phenoxy) is 2. The lowest BCUT2D eigenvalue weighted by Gasteiger charge is -2.29. The summed E-state index contributed by atoms with van der Waals surface area (Å²) in [4.78, 5) is 2.38. The highest BCUT2D eigenvalue weighted by Gasteiger charge is 2.29. The van der Waals surface area contributed by atoms with E-state index in [-0.39, 0.29) is 0 Å². The molecule has 0 unspecified atom stereocenters. The Hall–Kier alpha value is -1.86. The monoisotopic (exact) mass is 360 g/mol. The van der Waals surface area contributed by atoms with Crippen molar-refractivity contribution in [2.75, 3.05) is 20.8 Å². The van der Waals surface area contributed by atoms with Crippen molar-refractivity contribution >= 4 is 12.2 Å². The van der Waals surface area contributed by atoms with Crippen LogP contribution < -0.4 is 9.47 Å². The number of aromatic nitrogens is 3. The van der Waals surface area contributed by atoms with Gasteiger partial charge in [0.2, 0.25) is 0 Å². The first-order valence-electron chi connectivity index (χ1n) is 8.70. The SMILES string of the molecule is COc1cc2c(cc1OC)CN(Cn1nc(C3CC3)n(C)c1=S)CC2. The number of fused-ring (bicyclic) bond motifs is 1. The van der Waals surface area contributed by atoms with E-state index in [1.807, 2.05) is 11.7 Å². The summed E-state index contributed by atoms with van der Waals surface area (Å²) in [7, 11) is 5.39. The van der Waals surface area contributed by atoms with Gasteiger partial charge in [-0.2, -0.15) is 5.10 Å². The number of hydrogen-bond acceptors (Lipinski definition) is 5. The van der Waals surface area contributed by atoms with E-state index in [4.69, 9.17) is 26.8 Å². The Balaban J connectivity index is 1.55. The number of rotatable bonds is 5. The smallest absolute Gasteiger partial charge is 0.198 e. The Morgan fingerprint density at radius 1 is 1.16 bits per heavy atom. The highest BCUT2D eigenvalue weighted by Crippen LogP contribution is 2.39. The van der Waals surface area contributed by atoms with Crippen molar-refractivity contribution in [1.29, 1.82) is 0 Å². The molecule has 2 heterocycles. The van der Waals surface area contributed by atoms with Gasteiger partial charge < -0.3 is 14.0 Å². The van der Waals surface area contributed by atoms with E-state index in [0.717, 1.165) is 48.3 Å².